The Morgan fingerprint density at radius 1 is 1.16 bits per heavy atom. The van der Waals surface area contributed by atoms with Crippen molar-refractivity contribution in [2.24, 2.45) is 0 Å². The van der Waals surface area contributed by atoms with E-state index < -0.39 is 11.8 Å². The summed E-state index contributed by atoms with van der Waals surface area (Å²) in [6, 6.07) is 6.36. The highest BCUT2D eigenvalue weighted by atomic mass is 16.5. The van der Waals surface area contributed by atoms with Crippen molar-refractivity contribution in [3.63, 3.8) is 0 Å². The van der Waals surface area contributed by atoms with Crippen molar-refractivity contribution in [2.45, 2.75) is 13.3 Å². The molecule has 0 unspecified atom stereocenters. The van der Waals surface area contributed by atoms with Gasteiger partial charge in [-0.25, -0.2) is 4.79 Å². The van der Waals surface area contributed by atoms with Gasteiger partial charge in [0, 0.05) is 11.6 Å². The molecule has 0 fully saturated rings. The predicted octanol–water partition coefficient (Wildman–Crippen LogP) is 1.62. The number of aliphatic carboxylic acids is 1. The zero-order valence-electron chi connectivity index (χ0n) is 10.5. The van der Waals surface area contributed by atoms with Crippen molar-refractivity contribution in [2.75, 3.05) is 6.61 Å². The molecule has 5 nitrogen and oxygen atoms in total. The number of ether oxygens (including phenoxy) is 1. The molecule has 0 saturated carbocycles. The van der Waals surface area contributed by atoms with Gasteiger partial charge in [-0.3, -0.25) is 9.59 Å². The lowest BCUT2D eigenvalue weighted by molar-refractivity contribution is -0.142. The summed E-state index contributed by atoms with van der Waals surface area (Å²) >= 11 is 0. The summed E-state index contributed by atoms with van der Waals surface area (Å²) in [5.41, 5.74) is 1.10. The number of carboxylic acid groups (broad SMARTS) is 1. The summed E-state index contributed by atoms with van der Waals surface area (Å²) in [4.78, 5) is 33.1. The van der Waals surface area contributed by atoms with Gasteiger partial charge in [-0.15, -0.1) is 0 Å². The third-order valence-electron chi connectivity index (χ3n) is 2.27. The highest BCUT2D eigenvalue weighted by molar-refractivity contribution is 6.06. The lowest BCUT2D eigenvalue weighted by Crippen LogP contribution is -2.07. The zero-order chi connectivity index (χ0) is 14.3. The number of carbonyl (C=O) groups is 3. The first-order chi connectivity index (χ1) is 9.02. The number of hydrogen-bond acceptors (Lipinski definition) is 4. The number of esters is 1. The molecule has 0 bridgehead atoms. The van der Waals surface area contributed by atoms with Crippen molar-refractivity contribution in [1.82, 2.24) is 0 Å². The van der Waals surface area contributed by atoms with Crippen LogP contribution in [-0.4, -0.2) is 29.4 Å². The quantitative estimate of drug-likeness (QED) is 0.478. The van der Waals surface area contributed by atoms with Gasteiger partial charge in [0.2, 0.25) is 0 Å². The molecule has 0 atom stereocenters. The lowest BCUT2D eigenvalue weighted by Gasteiger charge is -2.02. The maximum atomic E-state index is 11.5. The SMILES string of the molecule is CCOC(=O)Cc1ccc(C(=O)/C=C/C(=O)O)cc1. The van der Waals surface area contributed by atoms with Gasteiger partial charge in [-0.05, 0) is 18.6 Å². The topological polar surface area (TPSA) is 80.7 Å². The second-order valence-corrected chi connectivity index (χ2v) is 3.71. The van der Waals surface area contributed by atoms with Crippen LogP contribution in [0.5, 0.6) is 0 Å². The van der Waals surface area contributed by atoms with Crippen molar-refractivity contribution in [3.8, 4) is 0 Å². The largest absolute Gasteiger partial charge is 0.478 e. The molecule has 0 aliphatic heterocycles. The summed E-state index contributed by atoms with van der Waals surface area (Å²) in [5.74, 6) is -1.90. The number of hydrogen-bond donors (Lipinski definition) is 1. The van der Waals surface area contributed by atoms with E-state index in [0.717, 1.165) is 17.7 Å². The van der Waals surface area contributed by atoms with Gasteiger partial charge in [0.05, 0.1) is 13.0 Å². The highest BCUT2D eigenvalue weighted by Crippen LogP contribution is 2.07. The van der Waals surface area contributed by atoms with Gasteiger partial charge in [0.25, 0.3) is 0 Å². The Hall–Kier alpha value is -2.43. The van der Waals surface area contributed by atoms with Crippen LogP contribution in [0.1, 0.15) is 22.8 Å². The van der Waals surface area contributed by atoms with Gasteiger partial charge in [0.15, 0.2) is 5.78 Å². The third-order valence-corrected chi connectivity index (χ3v) is 2.27. The number of carbonyl (C=O) groups excluding carboxylic acids is 2. The van der Waals surface area contributed by atoms with E-state index in [0.29, 0.717) is 12.2 Å². The summed E-state index contributed by atoms with van der Waals surface area (Å²) in [5, 5.41) is 8.41. The average molecular weight is 262 g/mol. The first-order valence-corrected chi connectivity index (χ1v) is 5.73. The Balaban J connectivity index is 2.68. The Morgan fingerprint density at radius 2 is 1.79 bits per heavy atom. The molecule has 0 aromatic heterocycles. The fourth-order valence-electron chi connectivity index (χ4n) is 1.41. The normalized spacial score (nSPS) is 10.4. The van der Waals surface area contributed by atoms with Crippen LogP contribution in [0.3, 0.4) is 0 Å². The number of carboxylic acids is 1. The zero-order valence-corrected chi connectivity index (χ0v) is 10.5. The van der Waals surface area contributed by atoms with Gasteiger partial charge < -0.3 is 9.84 Å². The fourth-order valence-corrected chi connectivity index (χ4v) is 1.41. The van der Waals surface area contributed by atoms with Crippen LogP contribution < -0.4 is 0 Å². The van der Waals surface area contributed by atoms with E-state index in [-0.39, 0.29) is 12.4 Å². The van der Waals surface area contributed by atoms with E-state index in [1.54, 1.807) is 31.2 Å². The van der Waals surface area contributed by atoms with Gasteiger partial charge in [0.1, 0.15) is 0 Å². The summed E-state index contributed by atoms with van der Waals surface area (Å²) < 4.78 is 4.81. The third kappa shape index (κ3) is 5.16. The molecule has 1 aromatic carbocycles. The molecule has 1 N–H and O–H groups in total. The second kappa shape index (κ2) is 7.10. The van der Waals surface area contributed by atoms with Crippen molar-refractivity contribution >= 4 is 17.7 Å². The molecule has 100 valence electrons. The van der Waals surface area contributed by atoms with Crippen molar-refractivity contribution in [1.29, 1.82) is 0 Å². The van der Waals surface area contributed by atoms with Crippen LogP contribution in [-0.2, 0) is 20.7 Å². The predicted molar refractivity (Wildman–Crippen MR) is 67.9 cm³/mol. The van der Waals surface area contributed by atoms with Crippen LogP contribution in [0, 0.1) is 0 Å². The average Bonchev–Trinajstić information content (AvgIpc) is 2.37. The minimum absolute atomic E-state index is 0.146. The molecule has 0 radical (unpaired) electrons. The molecule has 19 heavy (non-hydrogen) atoms. The minimum atomic E-state index is -1.17. The maximum absolute atomic E-state index is 11.5. The van der Waals surface area contributed by atoms with E-state index in [4.69, 9.17) is 9.84 Å². The van der Waals surface area contributed by atoms with Crippen LogP contribution in [0.2, 0.25) is 0 Å². The minimum Gasteiger partial charge on any atom is -0.478 e. The molecule has 1 rings (SSSR count). The van der Waals surface area contributed by atoms with Gasteiger partial charge in [-0.1, -0.05) is 24.3 Å². The Morgan fingerprint density at radius 3 is 2.32 bits per heavy atom. The van der Waals surface area contributed by atoms with Gasteiger partial charge >= 0.3 is 11.9 Å². The van der Waals surface area contributed by atoms with Crippen LogP contribution >= 0.6 is 0 Å². The Kier molecular flexibility index (Phi) is 5.47. The van der Waals surface area contributed by atoms with Crippen LogP contribution in [0.15, 0.2) is 36.4 Å². The van der Waals surface area contributed by atoms with E-state index >= 15 is 0 Å². The molecule has 0 saturated heterocycles. The number of benzene rings is 1. The smallest absolute Gasteiger partial charge is 0.328 e. The van der Waals surface area contributed by atoms with Crippen LogP contribution in [0.4, 0.5) is 0 Å². The van der Waals surface area contributed by atoms with Crippen molar-refractivity contribution < 1.29 is 24.2 Å². The number of allylic oxidation sites excluding steroid dienone is 1. The molecule has 1 aromatic rings. The molecule has 0 aliphatic rings. The molecular formula is C14H14O5. The standard InChI is InChI=1S/C14H14O5/c1-2-19-14(18)9-10-3-5-11(6-4-10)12(15)7-8-13(16)17/h3-8H,2,9H2,1H3,(H,16,17)/b8-7+. The Labute approximate surface area is 110 Å². The molecule has 0 spiro atoms. The summed E-state index contributed by atoms with van der Waals surface area (Å²) in [6.07, 6.45) is 1.92. The number of ketones is 1. The second-order valence-electron chi connectivity index (χ2n) is 3.71. The molecule has 0 amide bonds. The Bertz CT molecular complexity index is 499. The monoisotopic (exact) mass is 262 g/mol. The molecule has 0 aliphatic carbocycles. The number of rotatable bonds is 6. The molecular weight excluding hydrogens is 248 g/mol. The van der Waals surface area contributed by atoms with E-state index in [1.165, 1.54) is 0 Å². The fraction of sp³-hybridized carbons (Fsp3) is 0.214. The van der Waals surface area contributed by atoms with Crippen LogP contribution in [0.25, 0.3) is 0 Å². The van der Waals surface area contributed by atoms with E-state index in [1.807, 2.05) is 0 Å². The van der Waals surface area contributed by atoms with Gasteiger partial charge in [-0.2, -0.15) is 0 Å². The molecule has 5 heteroatoms. The molecule has 0 heterocycles. The summed E-state index contributed by atoms with van der Waals surface area (Å²) in [6.45, 7) is 2.06. The lowest BCUT2D eigenvalue weighted by atomic mass is 10.1. The van der Waals surface area contributed by atoms with Crippen molar-refractivity contribution in [3.05, 3.63) is 47.5 Å². The highest BCUT2D eigenvalue weighted by Gasteiger charge is 2.06. The summed E-state index contributed by atoms with van der Waals surface area (Å²) in [7, 11) is 0. The maximum Gasteiger partial charge on any atom is 0.328 e. The van der Waals surface area contributed by atoms with E-state index in [9.17, 15) is 14.4 Å². The first kappa shape index (κ1) is 14.6. The first-order valence-electron chi connectivity index (χ1n) is 5.73. The van der Waals surface area contributed by atoms with E-state index in [2.05, 4.69) is 0 Å².